The molecular weight excluding hydrogens is 260 g/mol. The average Bonchev–Trinajstić information content (AvgIpc) is 2.38. The molecule has 0 fully saturated rings. The summed E-state index contributed by atoms with van der Waals surface area (Å²) < 4.78 is 5.02. The second kappa shape index (κ2) is 5.45. The molecule has 0 amide bonds. The Hall–Kier alpha value is -2.17. The fourth-order valence-corrected chi connectivity index (χ4v) is 1.98. The van der Waals surface area contributed by atoms with Gasteiger partial charge in [-0.05, 0) is 39.3 Å². The minimum atomic E-state index is -1.57. The number of rotatable bonds is 3. The quantitative estimate of drug-likeness (QED) is 0.632. The number of hydrogen-bond acceptors (Lipinski definition) is 5. The smallest absolute Gasteiger partial charge is 0.303 e. The number of carbonyl (C=O) groups excluding carboxylic acids is 3. The Kier molecular flexibility index (Phi) is 4.33. The lowest BCUT2D eigenvalue weighted by molar-refractivity contribution is -0.157. The maximum Gasteiger partial charge on any atom is 0.303 e. The standard InChI is InChI=1S/C15H18O5/c1-6-8(2)12(17)11-7-15(5,20-10(4)16)14(19)9(3)13(11)18/h6-7,18H,1-5H3/b8-6+. The van der Waals surface area contributed by atoms with Crippen molar-refractivity contribution in [1.82, 2.24) is 0 Å². The van der Waals surface area contributed by atoms with Gasteiger partial charge in [-0.15, -0.1) is 0 Å². The van der Waals surface area contributed by atoms with E-state index in [1.54, 1.807) is 19.9 Å². The third kappa shape index (κ3) is 2.71. The fourth-order valence-electron chi connectivity index (χ4n) is 1.98. The van der Waals surface area contributed by atoms with Crippen LogP contribution in [0, 0.1) is 0 Å². The fraction of sp³-hybridized carbons (Fsp3) is 0.400. The molecule has 0 bridgehead atoms. The lowest BCUT2D eigenvalue weighted by atomic mass is 9.83. The Balaban J connectivity index is 3.41. The summed E-state index contributed by atoms with van der Waals surface area (Å²) in [5, 5.41) is 9.99. The maximum absolute atomic E-state index is 12.2. The largest absolute Gasteiger partial charge is 0.507 e. The number of ether oxygens (including phenoxy) is 1. The molecule has 0 saturated heterocycles. The Bertz CT molecular complexity index is 577. The molecule has 5 nitrogen and oxygen atoms in total. The zero-order valence-electron chi connectivity index (χ0n) is 12.2. The van der Waals surface area contributed by atoms with Crippen molar-refractivity contribution in [2.45, 2.75) is 40.2 Å². The van der Waals surface area contributed by atoms with Gasteiger partial charge < -0.3 is 9.84 Å². The van der Waals surface area contributed by atoms with Crippen molar-refractivity contribution in [3.8, 4) is 0 Å². The number of aliphatic hydroxyl groups excluding tert-OH is 1. The van der Waals surface area contributed by atoms with Crippen molar-refractivity contribution in [3.05, 3.63) is 34.6 Å². The molecule has 1 unspecified atom stereocenters. The summed E-state index contributed by atoms with van der Waals surface area (Å²) in [7, 11) is 0. The van der Waals surface area contributed by atoms with Crippen molar-refractivity contribution in [2.24, 2.45) is 0 Å². The van der Waals surface area contributed by atoms with Crippen LogP contribution < -0.4 is 0 Å². The first-order chi connectivity index (χ1) is 9.14. The topological polar surface area (TPSA) is 80.7 Å². The molecule has 1 aliphatic carbocycles. The summed E-state index contributed by atoms with van der Waals surface area (Å²) in [6, 6.07) is 0. The molecule has 1 N–H and O–H groups in total. The number of aliphatic hydroxyl groups is 1. The first-order valence-corrected chi connectivity index (χ1v) is 6.19. The molecule has 20 heavy (non-hydrogen) atoms. The van der Waals surface area contributed by atoms with Crippen molar-refractivity contribution in [1.29, 1.82) is 0 Å². The van der Waals surface area contributed by atoms with E-state index in [1.807, 2.05) is 0 Å². The van der Waals surface area contributed by atoms with E-state index in [9.17, 15) is 19.5 Å². The molecule has 108 valence electrons. The van der Waals surface area contributed by atoms with Crippen LogP contribution in [-0.4, -0.2) is 28.2 Å². The normalized spacial score (nSPS) is 23.6. The van der Waals surface area contributed by atoms with Crippen molar-refractivity contribution >= 4 is 17.5 Å². The van der Waals surface area contributed by atoms with Gasteiger partial charge in [-0.2, -0.15) is 0 Å². The molecule has 0 aliphatic heterocycles. The van der Waals surface area contributed by atoms with Crippen molar-refractivity contribution in [3.63, 3.8) is 0 Å². The monoisotopic (exact) mass is 278 g/mol. The summed E-state index contributed by atoms with van der Waals surface area (Å²) in [5.41, 5.74) is -1.17. The molecule has 0 aromatic heterocycles. The van der Waals surface area contributed by atoms with Crippen LogP contribution in [0.1, 0.15) is 34.6 Å². The minimum absolute atomic E-state index is 0.00324. The predicted octanol–water partition coefficient (Wildman–Crippen LogP) is 2.18. The van der Waals surface area contributed by atoms with Gasteiger partial charge in [0.15, 0.2) is 11.4 Å². The maximum atomic E-state index is 12.2. The highest BCUT2D eigenvalue weighted by molar-refractivity contribution is 6.16. The van der Waals surface area contributed by atoms with Gasteiger partial charge in [0.2, 0.25) is 5.78 Å². The molecule has 1 rings (SSSR count). The Morgan fingerprint density at radius 1 is 1.35 bits per heavy atom. The number of ketones is 2. The van der Waals surface area contributed by atoms with E-state index in [0.717, 1.165) is 0 Å². The van der Waals surface area contributed by atoms with E-state index in [2.05, 4.69) is 0 Å². The van der Waals surface area contributed by atoms with Gasteiger partial charge in [-0.1, -0.05) is 6.08 Å². The van der Waals surface area contributed by atoms with E-state index in [-0.39, 0.29) is 16.9 Å². The molecule has 0 radical (unpaired) electrons. The molecule has 5 heteroatoms. The van der Waals surface area contributed by atoms with E-state index >= 15 is 0 Å². The summed E-state index contributed by atoms with van der Waals surface area (Å²) in [4.78, 5) is 35.5. The molecule has 0 spiro atoms. The Morgan fingerprint density at radius 2 is 1.90 bits per heavy atom. The van der Waals surface area contributed by atoms with Gasteiger partial charge in [0.05, 0.1) is 5.57 Å². The number of carbonyl (C=O) groups is 3. The van der Waals surface area contributed by atoms with E-state index in [0.29, 0.717) is 5.57 Å². The number of Topliss-reactive ketones (excluding diaryl/α,β-unsaturated/α-hetero) is 2. The predicted molar refractivity (Wildman–Crippen MR) is 73.0 cm³/mol. The first-order valence-electron chi connectivity index (χ1n) is 6.19. The lowest BCUT2D eigenvalue weighted by Gasteiger charge is -2.29. The SMILES string of the molecule is C/C=C(\C)C(=O)C1=CC(C)(OC(C)=O)C(=O)C(C)=C1O. The van der Waals surface area contributed by atoms with E-state index in [4.69, 9.17) is 4.74 Å². The van der Waals surface area contributed by atoms with Crippen LogP contribution in [0.4, 0.5) is 0 Å². The van der Waals surface area contributed by atoms with E-state index in [1.165, 1.54) is 26.8 Å². The third-order valence-electron chi connectivity index (χ3n) is 3.21. The molecule has 1 aliphatic rings. The van der Waals surface area contributed by atoms with Gasteiger partial charge in [0, 0.05) is 12.5 Å². The molecule has 0 aromatic rings. The summed E-state index contributed by atoms with van der Waals surface area (Å²) in [5.74, 6) is -1.96. The van der Waals surface area contributed by atoms with Gasteiger partial charge in [0.25, 0.3) is 0 Å². The lowest BCUT2D eigenvalue weighted by Crippen LogP contribution is -2.42. The summed E-state index contributed by atoms with van der Waals surface area (Å²) in [6.07, 6.45) is 2.81. The van der Waals surface area contributed by atoms with Crippen LogP contribution in [0.3, 0.4) is 0 Å². The van der Waals surface area contributed by atoms with Crippen LogP contribution in [0.25, 0.3) is 0 Å². The van der Waals surface area contributed by atoms with Gasteiger partial charge in [0.1, 0.15) is 5.76 Å². The zero-order valence-corrected chi connectivity index (χ0v) is 12.2. The molecular formula is C15H18O5. The highest BCUT2D eigenvalue weighted by atomic mass is 16.6. The van der Waals surface area contributed by atoms with Crippen molar-refractivity contribution < 1.29 is 24.2 Å². The summed E-state index contributed by atoms with van der Waals surface area (Å²) in [6.45, 7) is 7.26. The number of allylic oxidation sites excluding steroid dienone is 3. The molecule has 1 atom stereocenters. The Labute approximate surface area is 117 Å². The second-order valence-corrected chi connectivity index (χ2v) is 4.86. The Morgan fingerprint density at radius 3 is 2.35 bits per heavy atom. The van der Waals surface area contributed by atoms with Crippen LogP contribution in [0.15, 0.2) is 34.6 Å². The second-order valence-electron chi connectivity index (χ2n) is 4.86. The van der Waals surface area contributed by atoms with Crippen LogP contribution in [0.5, 0.6) is 0 Å². The van der Waals surface area contributed by atoms with Crippen molar-refractivity contribution in [2.75, 3.05) is 0 Å². The van der Waals surface area contributed by atoms with Crippen LogP contribution in [-0.2, 0) is 19.1 Å². The summed E-state index contributed by atoms with van der Waals surface area (Å²) >= 11 is 0. The molecule has 0 aromatic carbocycles. The average molecular weight is 278 g/mol. The van der Waals surface area contributed by atoms with Crippen LogP contribution in [0.2, 0.25) is 0 Å². The minimum Gasteiger partial charge on any atom is -0.507 e. The van der Waals surface area contributed by atoms with Gasteiger partial charge in [-0.25, -0.2) is 0 Å². The first kappa shape index (κ1) is 15.9. The van der Waals surface area contributed by atoms with Gasteiger partial charge >= 0.3 is 5.97 Å². The number of esters is 1. The number of hydrogen-bond donors (Lipinski definition) is 1. The molecule has 0 saturated carbocycles. The highest BCUT2D eigenvalue weighted by Gasteiger charge is 2.42. The van der Waals surface area contributed by atoms with Crippen LogP contribution >= 0.6 is 0 Å². The zero-order chi connectivity index (χ0) is 15.7. The van der Waals surface area contributed by atoms with E-state index < -0.39 is 23.1 Å². The highest BCUT2D eigenvalue weighted by Crippen LogP contribution is 2.31. The third-order valence-corrected chi connectivity index (χ3v) is 3.21. The van der Waals surface area contributed by atoms with Gasteiger partial charge in [-0.3, -0.25) is 14.4 Å². The molecule has 0 heterocycles.